The van der Waals surface area contributed by atoms with Crippen molar-refractivity contribution >= 4 is 0 Å². The Labute approximate surface area is 87.6 Å². The van der Waals surface area contributed by atoms with Gasteiger partial charge in [0.05, 0.1) is 5.60 Å². The summed E-state index contributed by atoms with van der Waals surface area (Å²) in [5, 5.41) is 0. The van der Waals surface area contributed by atoms with Gasteiger partial charge in [-0.3, -0.25) is 0 Å². The number of methoxy groups -OCH3 is 1. The molecule has 0 aromatic rings. The average Bonchev–Trinajstić information content (AvgIpc) is 2.15. The quantitative estimate of drug-likeness (QED) is 0.744. The molecule has 0 aliphatic carbocycles. The maximum Gasteiger partial charge on any atom is 0.0720 e. The van der Waals surface area contributed by atoms with Crippen LogP contribution in [-0.4, -0.2) is 43.3 Å². The molecule has 1 unspecified atom stereocenters. The first-order chi connectivity index (χ1) is 6.54. The van der Waals surface area contributed by atoms with Gasteiger partial charge in [0, 0.05) is 19.2 Å². The first kappa shape index (κ1) is 12.0. The standard InChI is InChI=1S/C11H24N2O/c1-9-7-11(14-4,5-6-12)8-10(2)13(9)3/h9-10H,5-8,12H2,1-4H3/t9-,10+,11?. The fourth-order valence-corrected chi connectivity index (χ4v) is 2.62. The van der Waals surface area contributed by atoms with Gasteiger partial charge in [-0.25, -0.2) is 0 Å². The van der Waals surface area contributed by atoms with E-state index in [-0.39, 0.29) is 5.60 Å². The van der Waals surface area contributed by atoms with Gasteiger partial charge >= 0.3 is 0 Å². The summed E-state index contributed by atoms with van der Waals surface area (Å²) in [7, 11) is 4.01. The third-order valence-corrected chi connectivity index (χ3v) is 3.76. The van der Waals surface area contributed by atoms with Crippen LogP contribution in [-0.2, 0) is 4.74 Å². The number of nitrogens with two attached hydrogens (primary N) is 1. The summed E-state index contributed by atoms with van der Waals surface area (Å²) in [5.41, 5.74) is 5.68. The predicted octanol–water partition coefficient (Wildman–Crippen LogP) is 1.22. The van der Waals surface area contributed by atoms with E-state index in [0.29, 0.717) is 12.1 Å². The van der Waals surface area contributed by atoms with Gasteiger partial charge in [0.2, 0.25) is 0 Å². The van der Waals surface area contributed by atoms with E-state index in [0.717, 1.165) is 25.8 Å². The van der Waals surface area contributed by atoms with Gasteiger partial charge in [0.25, 0.3) is 0 Å². The van der Waals surface area contributed by atoms with Crippen molar-refractivity contribution in [1.29, 1.82) is 0 Å². The van der Waals surface area contributed by atoms with E-state index in [1.165, 1.54) is 0 Å². The van der Waals surface area contributed by atoms with Crippen LogP contribution in [0.25, 0.3) is 0 Å². The zero-order valence-corrected chi connectivity index (χ0v) is 9.92. The summed E-state index contributed by atoms with van der Waals surface area (Å²) in [6.45, 7) is 5.25. The fourth-order valence-electron chi connectivity index (χ4n) is 2.62. The first-order valence-electron chi connectivity index (χ1n) is 5.52. The van der Waals surface area contributed by atoms with Crippen LogP contribution in [0.5, 0.6) is 0 Å². The van der Waals surface area contributed by atoms with Crippen LogP contribution in [0.15, 0.2) is 0 Å². The molecule has 3 atom stereocenters. The van der Waals surface area contributed by atoms with Gasteiger partial charge in [-0.15, -0.1) is 0 Å². The number of rotatable bonds is 3. The molecule has 1 heterocycles. The Morgan fingerprint density at radius 2 is 1.86 bits per heavy atom. The van der Waals surface area contributed by atoms with Crippen molar-refractivity contribution in [2.24, 2.45) is 5.73 Å². The van der Waals surface area contributed by atoms with E-state index in [2.05, 4.69) is 25.8 Å². The molecule has 14 heavy (non-hydrogen) atoms. The molecule has 84 valence electrons. The summed E-state index contributed by atoms with van der Waals surface area (Å²) in [5.74, 6) is 0. The molecule has 0 amide bonds. The number of piperidine rings is 1. The van der Waals surface area contributed by atoms with Crippen LogP contribution < -0.4 is 5.73 Å². The summed E-state index contributed by atoms with van der Waals surface area (Å²) in [4.78, 5) is 2.42. The Balaban J connectivity index is 2.70. The third kappa shape index (κ3) is 2.27. The van der Waals surface area contributed by atoms with Gasteiger partial charge < -0.3 is 15.4 Å². The second kappa shape index (κ2) is 4.60. The Hall–Kier alpha value is -0.120. The van der Waals surface area contributed by atoms with Crippen LogP contribution >= 0.6 is 0 Å². The van der Waals surface area contributed by atoms with Crippen molar-refractivity contribution in [3.8, 4) is 0 Å². The Kier molecular flexibility index (Phi) is 3.93. The van der Waals surface area contributed by atoms with Crippen molar-refractivity contribution in [3.63, 3.8) is 0 Å². The molecule has 0 aromatic heterocycles. The Morgan fingerprint density at radius 3 is 2.21 bits per heavy atom. The maximum atomic E-state index is 5.70. The van der Waals surface area contributed by atoms with Crippen molar-refractivity contribution in [3.05, 3.63) is 0 Å². The number of hydrogen-bond acceptors (Lipinski definition) is 3. The molecule has 1 aliphatic rings. The van der Waals surface area contributed by atoms with E-state index in [1.54, 1.807) is 0 Å². The molecule has 3 heteroatoms. The van der Waals surface area contributed by atoms with Crippen molar-refractivity contribution in [2.75, 3.05) is 20.7 Å². The summed E-state index contributed by atoms with van der Waals surface area (Å²) < 4.78 is 5.70. The van der Waals surface area contributed by atoms with Crippen molar-refractivity contribution in [2.45, 2.75) is 50.8 Å². The summed E-state index contributed by atoms with van der Waals surface area (Å²) >= 11 is 0. The first-order valence-corrected chi connectivity index (χ1v) is 5.52. The highest BCUT2D eigenvalue weighted by atomic mass is 16.5. The average molecular weight is 200 g/mol. The largest absolute Gasteiger partial charge is 0.378 e. The van der Waals surface area contributed by atoms with E-state index in [4.69, 9.17) is 10.5 Å². The van der Waals surface area contributed by atoms with Crippen molar-refractivity contribution < 1.29 is 4.74 Å². The summed E-state index contributed by atoms with van der Waals surface area (Å²) in [6.07, 6.45) is 3.18. The SMILES string of the molecule is COC1(CCN)C[C@@H](C)N(C)[C@@H](C)C1. The maximum absolute atomic E-state index is 5.70. The molecule has 0 saturated carbocycles. The highest BCUT2D eigenvalue weighted by Gasteiger charge is 2.39. The van der Waals surface area contributed by atoms with Gasteiger partial charge in [0.1, 0.15) is 0 Å². The second-order valence-electron chi connectivity index (χ2n) is 4.70. The van der Waals surface area contributed by atoms with Gasteiger partial charge in [0.15, 0.2) is 0 Å². The lowest BCUT2D eigenvalue weighted by Crippen LogP contribution is -2.53. The van der Waals surface area contributed by atoms with E-state index in [9.17, 15) is 0 Å². The lowest BCUT2D eigenvalue weighted by molar-refractivity contribution is -0.0895. The smallest absolute Gasteiger partial charge is 0.0720 e. The van der Waals surface area contributed by atoms with Gasteiger partial charge in [-0.05, 0) is 46.7 Å². The second-order valence-corrected chi connectivity index (χ2v) is 4.70. The van der Waals surface area contributed by atoms with Gasteiger partial charge in [-0.2, -0.15) is 0 Å². The van der Waals surface area contributed by atoms with E-state index < -0.39 is 0 Å². The third-order valence-electron chi connectivity index (χ3n) is 3.76. The highest BCUT2D eigenvalue weighted by Crippen LogP contribution is 2.34. The molecule has 1 saturated heterocycles. The minimum absolute atomic E-state index is 0.0279. The molecule has 1 rings (SSSR count). The van der Waals surface area contributed by atoms with E-state index >= 15 is 0 Å². The lowest BCUT2D eigenvalue weighted by atomic mass is 9.81. The van der Waals surface area contributed by atoms with Crippen LogP contribution in [0, 0.1) is 0 Å². The number of hydrogen-bond donors (Lipinski definition) is 1. The number of ether oxygens (including phenoxy) is 1. The molecule has 0 bridgehead atoms. The molecule has 0 radical (unpaired) electrons. The number of likely N-dealkylation sites (tertiary alicyclic amines) is 1. The molecular formula is C11H24N2O. The van der Waals surface area contributed by atoms with Crippen LogP contribution in [0.3, 0.4) is 0 Å². The lowest BCUT2D eigenvalue weighted by Gasteiger charge is -2.47. The molecule has 2 N–H and O–H groups in total. The van der Waals surface area contributed by atoms with Crippen LogP contribution in [0.2, 0.25) is 0 Å². The molecule has 0 spiro atoms. The topological polar surface area (TPSA) is 38.5 Å². The monoisotopic (exact) mass is 200 g/mol. The Bertz CT molecular complexity index is 172. The molecule has 3 nitrogen and oxygen atoms in total. The van der Waals surface area contributed by atoms with Gasteiger partial charge in [-0.1, -0.05) is 0 Å². The normalized spacial score (nSPS) is 40.1. The molecule has 1 aliphatic heterocycles. The van der Waals surface area contributed by atoms with Crippen molar-refractivity contribution in [1.82, 2.24) is 4.90 Å². The fraction of sp³-hybridized carbons (Fsp3) is 1.00. The Morgan fingerprint density at radius 1 is 1.36 bits per heavy atom. The molecular weight excluding hydrogens is 176 g/mol. The summed E-state index contributed by atoms with van der Waals surface area (Å²) in [6, 6.07) is 1.18. The van der Waals surface area contributed by atoms with E-state index in [1.807, 2.05) is 7.11 Å². The molecule has 0 aromatic carbocycles. The zero-order chi connectivity index (χ0) is 10.8. The highest BCUT2D eigenvalue weighted by molar-refractivity contribution is 4.94. The molecule has 1 fully saturated rings. The zero-order valence-electron chi connectivity index (χ0n) is 9.92. The van der Waals surface area contributed by atoms with Crippen LogP contribution in [0.4, 0.5) is 0 Å². The number of nitrogens with zero attached hydrogens (tertiary/aromatic N) is 1. The predicted molar refractivity (Wildman–Crippen MR) is 59.3 cm³/mol. The minimum Gasteiger partial charge on any atom is -0.378 e. The minimum atomic E-state index is 0.0279. The van der Waals surface area contributed by atoms with Crippen LogP contribution in [0.1, 0.15) is 33.1 Å².